The summed E-state index contributed by atoms with van der Waals surface area (Å²) in [6.07, 6.45) is 1.20. The summed E-state index contributed by atoms with van der Waals surface area (Å²) in [6.45, 7) is -0.200. The zero-order chi connectivity index (χ0) is 31.0. The molecule has 6 rings (SSSR count). The van der Waals surface area contributed by atoms with Crippen LogP contribution in [0.4, 0.5) is 5.69 Å². The predicted octanol–water partition coefficient (Wildman–Crippen LogP) is 7.18. The van der Waals surface area contributed by atoms with Gasteiger partial charge in [0.1, 0.15) is 12.2 Å². The number of hydrogen-bond acceptors (Lipinski definition) is 8. The van der Waals surface area contributed by atoms with Crippen molar-refractivity contribution in [1.82, 2.24) is 9.66 Å². The number of rotatable bonds is 8. The van der Waals surface area contributed by atoms with Crippen LogP contribution in [0.3, 0.4) is 0 Å². The van der Waals surface area contributed by atoms with Gasteiger partial charge in [0, 0.05) is 27.1 Å². The third-order valence-electron chi connectivity index (χ3n) is 6.58. The monoisotopic (exact) mass is 628 g/mol. The Morgan fingerprint density at radius 2 is 1.86 bits per heavy atom. The maximum absolute atomic E-state index is 13.7. The van der Waals surface area contributed by atoms with E-state index < -0.39 is 22.1 Å². The summed E-state index contributed by atoms with van der Waals surface area (Å²) in [5.74, 6) is -1.02. The van der Waals surface area contributed by atoms with Gasteiger partial charge in [0.05, 0.1) is 27.6 Å². The van der Waals surface area contributed by atoms with E-state index in [4.69, 9.17) is 32.4 Å². The minimum Gasteiger partial charge on any atom is -0.481 e. The lowest BCUT2D eigenvalue weighted by Crippen LogP contribution is -2.20. The van der Waals surface area contributed by atoms with Gasteiger partial charge >= 0.3 is 11.7 Å². The number of nitro benzene ring substituents is 1. The van der Waals surface area contributed by atoms with Crippen molar-refractivity contribution < 1.29 is 24.0 Å². The second kappa shape index (κ2) is 11.6. The van der Waals surface area contributed by atoms with Crippen LogP contribution in [0.25, 0.3) is 33.5 Å². The number of nitrogens with zero attached hydrogens (tertiary/aromatic N) is 4. The molecule has 0 saturated heterocycles. The smallest absolute Gasteiger partial charge is 0.335 e. The average Bonchev–Trinajstić information content (AvgIpc) is 3.43. The molecule has 1 N–H and O–H groups in total. The predicted molar refractivity (Wildman–Crippen MR) is 165 cm³/mol. The Balaban J connectivity index is 1.48. The number of benzene rings is 4. The number of aromatic nitrogens is 2. The molecule has 6 aromatic rings. The van der Waals surface area contributed by atoms with Crippen LogP contribution >= 0.6 is 23.2 Å². The molecule has 4 aromatic carbocycles. The molecule has 0 aliphatic heterocycles. The van der Waals surface area contributed by atoms with Crippen molar-refractivity contribution in [1.29, 1.82) is 0 Å². The fraction of sp³-hybridized carbons (Fsp3) is 0.0323. The highest BCUT2D eigenvalue weighted by atomic mass is 35.5. The lowest BCUT2D eigenvalue weighted by atomic mass is 10.1. The lowest BCUT2D eigenvalue weighted by Gasteiger charge is -2.11. The van der Waals surface area contributed by atoms with E-state index in [0.29, 0.717) is 27.1 Å². The highest BCUT2D eigenvalue weighted by Crippen LogP contribution is 2.35. The summed E-state index contributed by atoms with van der Waals surface area (Å²) in [4.78, 5) is 41.0. The van der Waals surface area contributed by atoms with Crippen molar-refractivity contribution in [3.8, 4) is 17.3 Å². The number of ether oxygens (including phenoxy) is 1. The minimum absolute atomic E-state index is 0.0248. The number of aromatic carboxylic acids is 1. The van der Waals surface area contributed by atoms with E-state index in [9.17, 15) is 24.8 Å². The second-order valence-electron chi connectivity index (χ2n) is 9.50. The van der Waals surface area contributed by atoms with Crippen molar-refractivity contribution in [2.24, 2.45) is 5.10 Å². The zero-order valence-electron chi connectivity index (χ0n) is 22.3. The van der Waals surface area contributed by atoms with Gasteiger partial charge in [0.25, 0.3) is 5.56 Å². The SMILES string of the molecule is O=C(O)c1cccc(COc2c(C=Nn3c(-c4cc5cc(Cl)ccc5o4)nc4ccccc4c3=O)cc(Cl)cc2[N+](=O)[O-])c1. The van der Waals surface area contributed by atoms with Gasteiger partial charge in [-0.2, -0.15) is 9.78 Å². The number of fused-ring (bicyclic) bond motifs is 2. The summed E-state index contributed by atoms with van der Waals surface area (Å²) in [5.41, 5.74) is 0.512. The van der Waals surface area contributed by atoms with Crippen LogP contribution in [0, 0.1) is 10.1 Å². The topological polar surface area (TPSA) is 150 Å². The quantitative estimate of drug-likeness (QED) is 0.106. The van der Waals surface area contributed by atoms with Crippen LogP contribution in [0.15, 0.2) is 99.2 Å². The molecule has 13 heteroatoms. The summed E-state index contributed by atoms with van der Waals surface area (Å²) in [6, 6.07) is 21.9. The number of para-hydroxylation sites is 1. The summed E-state index contributed by atoms with van der Waals surface area (Å²) < 4.78 is 12.8. The minimum atomic E-state index is -1.13. The Morgan fingerprint density at radius 3 is 2.66 bits per heavy atom. The molecular formula is C31H18Cl2N4O7. The van der Waals surface area contributed by atoms with Gasteiger partial charge in [-0.05, 0) is 60.2 Å². The van der Waals surface area contributed by atoms with E-state index in [-0.39, 0.29) is 45.5 Å². The van der Waals surface area contributed by atoms with Crippen LogP contribution in [0.1, 0.15) is 21.5 Å². The first-order chi connectivity index (χ1) is 21.2. The molecule has 0 saturated carbocycles. The number of hydrogen-bond donors (Lipinski definition) is 1. The summed E-state index contributed by atoms with van der Waals surface area (Å²) >= 11 is 12.4. The van der Waals surface area contributed by atoms with Crippen LogP contribution < -0.4 is 10.3 Å². The highest BCUT2D eigenvalue weighted by molar-refractivity contribution is 6.31. The Morgan fingerprint density at radius 1 is 1.05 bits per heavy atom. The third-order valence-corrected chi connectivity index (χ3v) is 7.03. The molecule has 2 heterocycles. The standard InChI is InChI=1S/C31H18Cl2N4O7/c32-21-8-9-26-19(11-21)13-27(44-26)29-35-24-7-2-1-6-23(24)30(38)36(29)34-15-20-12-22(33)14-25(37(41)42)28(20)43-16-17-4-3-5-18(10-17)31(39)40/h1-15H,16H2,(H,39,40). The molecule has 0 aliphatic carbocycles. The largest absolute Gasteiger partial charge is 0.481 e. The third kappa shape index (κ3) is 5.61. The van der Waals surface area contributed by atoms with Crippen molar-refractivity contribution in [3.05, 3.63) is 132 Å². The van der Waals surface area contributed by atoms with Crippen molar-refractivity contribution in [3.63, 3.8) is 0 Å². The van der Waals surface area contributed by atoms with Gasteiger partial charge in [-0.15, -0.1) is 0 Å². The molecule has 0 bridgehead atoms. The molecule has 0 amide bonds. The average molecular weight is 629 g/mol. The van der Waals surface area contributed by atoms with Gasteiger partial charge < -0.3 is 14.3 Å². The van der Waals surface area contributed by atoms with Crippen molar-refractivity contribution in [2.75, 3.05) is 0 Å². The first-order valence-electron chi connectivity index (χ1n) is 12.9. The maximum atomic E-state index is 13.7. The fourth-order valence-corrected chi connectivity index (χ4v) is 4.97. The molecule has 0 spiro atoms. The molecule has 0 fully saturated rings. The van der Waals surface area contributed by atoms with Gasteiger partial charge in [-0.3, -0.25) is 14.9 Å². The first-order valence-corrected chi connectivity index (χ1v) is 13.6. The normalized spacial score (nSPS) is 11.4. The number of carbonyl (C=O) groups is 1. The zero-order valence-corrected chi connectivity index (χ0v) is 23.8. The first kappa shape index (κ1) is 28.6. The second-order valence-corrected chi connectivity index (χ2v) is 10.4. The Labute approximate surface area is 257 Å². The van der Waals surface area contributed by atoms with E-state index in [1.165, 1.54) is 30.5 Å². The summed E-state index contributed by atoms with van der Waals surface area (Å²) in [5, 5.41) is 27.1. The van der Waals surface area contributed by atoms with Crippen LogP contribution in [0.2, 0.25) is 10.0 Å². The number of nitro groups is 1. The highest BCUT2D eigenvalue weighted by Gasteiger charge is 2.22. The molecule has 0 atom stereocenters. The van der Waals surface area contributed by atoms with E-state index in [2.05, 4.69) is 10.1 Å². The molecule has 11 nitrogen and oxygen atoms in total. The molecule has 0 radical (unpaired) electrons. The molecule has 2 aromatic heterocycles. The van der Waals surface area contributed by atoms with E-state index in [0.717, 1.165) is 10.7 Å². The van der Waals surface area contributed by atoms with Crippen molar-refractivity contribution in [2.45, 2.75) is 6.61 Å². The van der Waals surface area contributed by atoms with Gasteiger partial charge in [0.2, 0.25) is 11.6 Å². The maximum Gasteiger partial charge on any atom is 0.335 e. The van der Waals surface area contributed by atoms with E-state index >= 15 is 0 Å². The number of carboxylic acids is 1. The van der Waals surface area contributed by atoms with Crippen molar-refractivity contribution >= 4 is 62.9 Å². The van der Waals surface area contributed by atoms with E-state index in [1.807, 2.05) is 0 Å². The molecular weight excluding hydrogens is 611 g/mol. The van der Waals surface area contributed by atoms with Gasteiger partial charge in [-0.1, -0.05) is 47.5 Å². The van der Waals surface area contributed by atoms with Gasteiger partial charge in [-0.25, -0.2) is 9.78 Å². The molecule has 0 aliphatic rings. The summed E-state index contributed by atoms with van der Waals surface area (Å²) in [7, 11) is 0. The Bertz CT molecular complexity index is 2210. The van der Waals surface area contributed by atoms with Crippen LogP contribution in [-0.4, -0.2) is 31.9 Å². The van der Waals surface area contributed by atoms with E-state index in [1.54, 1.807) is 54.6 Å². The lowest BCUT2D eigenvalue weighted by molar-refractivity contribution is -0.385. The Hall–Kier alpha value is -5.52. The Kier molecular flexibility index (Phi) is 7.56. The number of carboxylic acid groups (broad SMARTS) is 1. The van der Waals surface area contributed by atoms with Crippen LogP contribution in [0.5, 0.6) is 5.75 Å². The fourth-order valence-electron chi connectivity index (χ4n) is 4.57. The van der Waals surface area contributed by atoms with Crippen LogP contribution in [-0.2, 0) is 6.61 Å². The number of furan rings is 1. The van der Waals surface area contributed by atoms with Gasteiger partial charge in [0.15, 0.2) is 5.76 Å². The number of halogens is 2. The molecule has 0 unspecified atom stereocenters. The molecule has 44 heavy (non-hydrogen) atoms. The molecule has 218 valence electrons.